The van der Waals surface area contributed by atoms with Crippen molar-refractivity contribution in [3.63, 3.8) is 0 Å². The highest BCUT2D eigenvalue weighted by Crippen LogP contribution is 2.30. The third kappa shape index (κ3) is 5.43. The van der Waals surface area contributed by atoms with E-state index in [4.69, 9.17) is 4.74 Å². The molecule has 2 N–H and O–H groups in total. The van der Waals surface area contributed by atoms with Crippen LogP contribution in [0.5, 0.6) is 0 Å². The quantitative estimate of drug-likeness (QED) is 0.760. The molecule has 3 fully saturated rings. The molecule has 3 aliphatic rings. The number of morpholine rings is 1. The van der Waals surface area contributed by atoms with Gasteiger partial charge in [0.25, 0.3) is 0 Å². The van der Waals surface area contributed by atoms with E-state index in [2.05, 4.69) is 39.8 Å². The minimum absolute atomic E-state index is 0. The average molecular weight is 423 g/mol. The van der Waals surface area contributed by atoms with Gasteiger partial charge < -0.3 is 25.2 Å². The highest BCUT2D eigenvalue weighted by atomic mass is 35.5. The number of benzene rings is 1. The van der Waals surface area contributed by atoms with Gasteiger partial charge in [-0.05, 0) is 30.4 Å². The Bertz CT molecular complexity index is 660. The number of carbonyl (C=O) groups excluding carboxylic acids is 1. The Morgan fingerprint density at radius 2 is 2.00 bits per heavy atom. The maximum absolute atomic E-state index is 11.6. The number of nitrogens with zero attached hydrogens (tertiary/aromatic N) is 2. The summed E-state index contributed by atoms with van der Waals surface area (Å²) in [5, 5.41) is 7.53. The average Bonchev–Trinajstić information content (AvgIpc) is 3.22. The van der Waals surface area contributed by atoms with E-state index < -0.39 is 0 Å². The van der Waals surface area contributed by atoms with E-state index in [0.717, 1.165) is 52.5 Å². The van der Waals surface area contributed by atoms with Gasteiger partial charge in [0.05, 0.1) is 13.2 Å². The molecule has 0 bridgehead atoms. The molecule has 0 spiro atoms. The summed E-state index contributed by atoms with van der Waals surface area (Å²) >= 11 is 0. The van der Waals surface area contributed by atoms with Crippen molar-refractivity contribution in [3.8, 4) is 0 Å². The molecule has 29 heavy (non-hydrogen) atoms. The summed E-state index contributed by atoms with van der Waals surface area (Å²) in [5.41, 5.74) is 2.67. The lowest BCUT2D eigenvalue weighted by Gasteiger charge is -2.37. The number of anilines is 1. The molecule has 7 heteroatoms. The molecule has 0 radical (unpaired) electrons. The van der Waals surface area contributed by atoms with Crippen molar-refractivity contribution in [1.82, 2.24) is 15.5 Å². The van der Waals surface area contributed by atoms with Gasteiger partial charge in [0, 0.05) is 64.0 Å². The Balaban J connectivity index is 0.00000240. The van der Waals surface area contributed by atoms with Crippen molar-refractivity contribution >= 4 is 24.0 Å². The topological polar surface area (TPSA) is 56.8 Å². The van der Waals surface area contributed by atoms with E-state index in [9.17, 15) is 4.79 Å². The van der Waals surface area contributed by atoms with Crippen LogP contribution in [0.3, 0.4) is 0 Å². The third-order valence-electron chi connectivity index (χ3n) is 6.65. The van der Waals surface area contributed by atoms with Crippen LogP contribution in [0.15, 0.2) is 24.3 Å². The van der Waals surface area contributed by atoms with E-state index in [-0.39, 0.29) is 18.3 Å². The van der Waals surface area contributed by atoms with Crippen molar-refractivity contribution in [2.45, 2.75) is 44.8 Å². The normalized spacial score (nSPS) is 27.6. The monoisotopic (exact) mass is 422 g/mol. The summed E-state index contributed by atoms with van der Waals surface area (Å²) in [6, 6.07) is 9.77. The van der Waals surface area contributed by atoms with Crippen molar-refractivity contribution in [2.24, 2.45) is 5.92 Å². The summed E-state index contributed by atoms with van der Waals surface area (Å²) in [6.45, 7) is 8.67. The lowest BCUT2D eigenvalue weighted by Crippen LogP contribution is -2.51. The van der Waals surface area contributed by atoms with E-state index in [1.807, 2.05) is 4.90 Å². The van der Waals surface area contributed by atoms with Crippen molar-refractivity contribution in [2.75, 3.05) is 50.8 Å². The van der Waals surface area contributed by atoms with Crippen LogP contribution in [0, 0.1) is 5.92 Å². The maximum Gasteiger partial charge on any atom is 0.219 e. The molecule has 1 aliphatic carbocycles. The van der Waals surface area contributed by atoms with Crippen LogP contribution >= 0.6 is 12.4 Å². The first-order chi connectivity index (χ1) is 13.7. The largest absolute Gasteiger partial charge is 0.379 e. The summed E-state index contributed by atoms with van der Waals surface area (Å²) in [5.74, 6) is 0.841. The SMILES string of the molecule is CC(=O)N1CCN(c2ccccc2CNC2CCCC2C2COCCN2)CC1.Cl. The minimum Gasteiger partial charge on any atom is -0.379 e. The lowest BCUT2D eigenvalue weighted by molar-refractivity contribution is -0.129. The second kappa shape index (κ2) is 10.6. The summed E-state index contributed by atoms with van der Waals surface area (Å²) < 4.78 is 5.70. The highest BCUT2D eigenvalue weighted by molar-refractivity contribution is 5.85. The van der Waals surface area contributed by atoms with Crippen LogP contribution in [0.25, 0.3) is 0 Å². The number of carbonyl (C=O) groups is 1. The summed E-state index contributed by atoms with van der Waals surface area (Å²) in [7, 11) is 0. The smallest absolute Gasteiger partial charge is 0.219 e. The van der Waals surface area contributed by atoms with Gasteiger partial charge in [0.1, 0.15) is 0 Å². The predicted octanol–water partition coefficient (Wildman–Crippen LogP) is 2.02. The van der Waals surface area contributed by atoms with E-state index in [1.165, 1.54) is 30.5 Å². The fourth-order valence-corrected chi connectivity index (χ4v) is 5.06. The Hall–Kier alpha value is -1.34. The van der Waals surface area contributed by atoms with Crippen LogP contribution < -0.4 is 15.5 Å². The fourth-order valence-electron chi connectivity index (χ4n) is 5.06. The third-order valence-corrected chi connectivity index (χ3v) is 6.65. The molecule has 6 nitrogen and oxygen atoms in total. The number of piperazine rings is 1. The number of rotatable bonds is 5. The van der Waals surface area contributed by atoms with E-state index in [0.29, 0.717) is 18.0 Å². The summed E-state index contributed by atoms with van der Waals surface area (Å²) in [6.07, 6.45) is 3.84. The van der Waals surface area contributed by atoms with Gasteiger partial charge in [-0.15, -0.1) is 12.4 Å². The van der Waals surface area contributed by atoms with Gasteiger partial charge in [-0.1, -0.05) is 24.6 Å². The second-order valence-corrected chi connectivity index (χ2v) is 8.34. The van der Waals surface area contributed by atoms with Crippen LogP contribution in [0.4, 0.5) is 5.69 Å². The molecule has 3 atom stereocenters. The van der Waals surface area contributed by atoms with Crippen molar-refractivity contribution in [3.05, 3.63) is 29.8 Å². The number of hydrogen-bond donors (Lipinski definition) is 2. The van der Waals surface area contributed by atoms with Crippen LogP contribution in [-0.4, -0.2) is 68.8 Å². The molecule has 2 aliphatic heterocycles. The molecule has 4 rings (SSSR count). The molecular formula is C22H35ClN4O2. The number of amides is 1. The number of halogens is 1. The molecule has 1 aromatic rings. The summed E-state index contributed by atoms with van der Waals surface area (Å²) in [4.78, 5) is 16.0. The maximum atomic E-state index is 11.6. The zero-order valence-corrected chi connectivity index (χ0v) is 18.3. The molecule has 2 heterocycles. The van der Waals surface area contributed by atoms with Gasteiger partial charge in [-0.25, -0.2) is 0 Å². The fraction of sp³-hybridized carbons (Fsp3) is 0.682. The first kappa shape index (κ1) is 22.3. The zero-order valence-electron chi connectivity index (χ0n) is 17.4. The van der Waals surface area contributed by atoms with Gasteiger partial charge in [0.2, 0.25) is 5.91 Å². The predicted molar refractivity (Wildman–Crippen MR) is 119 cm³/mol. The van der Waals surface area contributed by atoms with Crippen LogP contribution in [0.1, 0.15) is 31.7 Å². The molecule has 0 aromatic heterocycles. The number of para-hydroxylation sites is 1. The molecule has 1 aromatic carbocycles. The molecule has 2 saturated heterocycles. The van der Waals surface area contributed by atoms with Gasteiger partial charge in [0.15, 0.2) is 0 Å². The van der Waals surface area contributed by atoms with E-state index >= 15 is 0 Å². The second-order valence-electron chi connectivity index (χ2n) is 8.34. The Morgan fingerprint density at radius 1 is 1.21 bits per heavy atom. The standard InChI is InChI=1S/C22H34N4O2.ClH/c1-17(27)25-10-12-26(13-11-25)22-8-3-2-5-18(22)15-24-20-7-4-6-19(20)21-16-28-14-9-23-21;/h2-3,5,8,19-21,23-24H,4,6-7,9-16H2,1H3;1H. The van der Waals surface area contributed by atoms with Crippen LogP contribution in [0.2, 0.25) is 0 Å². The van der Waals surface area contributed by atoms with Crippen molar-refractivity contribution in [1.29, 1.82) is 0 Å². The molecular weight excluding hydrogens is 388 g/mol. The number of nitrogens with one attached hydrogen (secondary N) is 2. The van der Waals surface area contributed by atoms with E-state index in [1.54, 1.807) is 6.92 Å². The molecule has 162 valence electrons. The Labute approximate surface area is 180 Å². The molecule has 3 unspecified atom stereocenters. The van der Waals surface area contributed by atoms with Gasteiger partial charge in [-0.3, -0.25) is 4.79 Å². The lowest BCUT2D eigenvalue weighted by atomic mass is 9.93. The van der Waals surface area contributed by atoms with Gasteiger partial charge >= 0.3 is 0 Å². The van der Waals surface area contributed by atoms with Crippen molar-refractivity contribution < 1.29 is 9.53 Å². The zero-order chi connectivity index (χ0) is 19.3. The van der Waals surface area contributed by atoms with Gasteiger partial charge in [-0.2, -0.15) is 0 Å². The highest BCUT2D eigenvalue weighted by Gasteiger charge is 2.34. The van der Waals surface area contributed by atoms with Crippen LogP contribution in [-0.2, 0) is 16.1 Å². The molecule has 1 amide bonds. The Morgan fingerprint density at radius 3 is 2.72 bits per heavy atom. The first-order valence-corrected chi connectivity index (χ1v) is 10.9. The Kier molecular flexibility index (Phi) is 8.18. The minimum atomic E-state index is 0. The number of ether oxygens (including phenoxy) is 1. The first-order valence-electron chi connectivity index (χ1n) is 10.9. The molecule has 1 saturated carbocycles. The number of hydrogen-bond acceptors (Lipinski definition) is 5.